The Morgan fingerprint density at radius 2 is 2.12 bits per heavy atom. The molecule has 1 aromatic rings. The van der Waals surface area contributed by atoms with Crippen LogP contribution in [0.1, 0.15) is 31.4 Å². The number of nitrogens with one attached hydrogen (secondary N) is 1. The molecule has 0 fully saturated rings. The molecule has 3 nitrogen and oxygen atoms in total. The number of carbonyl (C=O) groups is 1. The van der Waals surface area contributed by atoms with Gasteiger partial charge in [-0.15, -0.1) is 0 Å². The lowest BCUT2D eigenvalue weighted by atomic mass is 10.0. The summed E-state index contributed by atoms with van der Waals surface area (Å²) in [6, 6.07) is 4.79. The van der Waals surface area contributed by atoms with Crippen LogP contribution in [0.3, 0.4) is 0 Å². The van der Waals surface area contributed by atoms with E-state index >= 15 is 0 Å². The number of aryl methyl sites for hydroxylation is 1. The highest BCUT2D eigenvalue weighted by Crippen LogP contribution is 2.09. The predicted octanol–water partition coefficient (Wildman–Crippen LogP) is 1.88. The number of halogens is 1. The molecule has 0 radical (unpaired) electrons. The molecule has 1 aromatic carbocycles. The molecular weight excluding hydrogens is 219 g/mol. The second kappa shape index (κ2) is 5.27. The summed E-state index contributed by atoms with van der Waals surface area (Å²) in [5.41, 5.74) is 6.69. The Labute approximate surface area is 101 Å². The van der Waals surface area contributed by atoms with E-state index < -0.39 is 5.54 Å². The van der Waals surface area contributed by atoms with Crippen LogP contribution in [0.4, 0.5) is 4.39 Å². The Balaban J connectivity index is 2.50. The fourth-order valence-corrected chi connectivity index (χ4v) is 1.49. The smallest absolute Gasteiger partial charge is 0.222 e. The molecule has 0 spiro atoms. The molecule has 3 N–H and O–H groups in total. The van der Waals surface area contributed by atoms with E-state index in [1.807, 2.05) is 0 Å². The summed E-state index contributed by atoms with van der Waals surface area (Å²) < 4.78 is 13.0. The van der Waals surface area contributed by atoms with Crippen LogP contribution in [0.2, 0.25) is 0 Å². The van der Waals surface area contributed by atoms with E-state index in [0.717, 1.165) is 5.56 Å². The van der Waals surface area contributed by atoms with Gasteiger partial charge in [0.25, 0.3) is 0 Å². The number of nitrogens with two attached hydrogens (primary N) is 1. The van der Waals surface area contributed by atoms with Crippen LogP contribution < -0.4 is 11.1 Å². The van der Waals surface area contributed by atoms with E-state index in [1.54, 1.807) is 32.9 Å². The minimum atomic E-state index is -0.511. The van der Waals surface area contributed by atoms with Crippen molar-refractivity contribution < 1.29 is 9.18 Å². The molecule has 17 heavy (non-hydrogen) atoms. The van der Waals surface area contributed by atoms with Gasteiger partial charge >= 0.3 is 0 Å². The maximum absolute atomic E-state index is 13.0. The lowest BCUT2D eigenvalue weighted by Crippen LogP contribution is -2.38. The zero-order valence-electron chi connectivity index (χ0n) is 10.5. The molecular formula is C13H19FN2O. The molecule has 1 rings (SSSR count). The third kappa shape index (κ3) is 4.95. The van der Waals surface area contributed by atoms with Gasteiger partial charge in [0, 0.05) is 18.5 Å². The van der Waals surface area contributed by atoms with Crippen molar-refractivity contribution in [2.24, 2.45) is 5.73 Å². The third-order valence-electron chi connectivity index (χ3n) is 2.33. The average molecular weight is 238 g/mol. The molecule has 0 aromatic heterocycles. The Kier molecular flexibility index (Phi) is 4.23. The highest BCUT2D eigenvalue weighted by atomic mass is 19.1. The van der Waals surface area contributed by atoms with Gasteiger partial charge in [0.05, 0.1) is 0 Å². The van der Waals surface area contributed by atoms with Crippen LogP contribution >= 0.6 is 0 Å². The van der Waals surface area contributed by atoms with E-state index in [2.05, 4.69) is 5.32 Å². The first-order valence-electron chi connectivity index (χ1n) is 5.58. The Morgan fingerprint density at radius 1 is 1.47 bits per heavy atom. The van der Waals surface area contributed by atoms with Gasteiger partial charge in [-0.3, -0.25) is 4.79 Å². The van der Waals surface area contributed by atoms with Crippen molar-refractivity contribution in [3.63, 3.8) is 0 Å². The fourth-order valence-electron chi connectivity index (χ4n) is 1.49. The van der Waals surface area contributed by atoms with E-state index in [4.69, 9.17) is 5.73 Å². The van der Waals surface area contributed by atoms with Crippen molar-refractivity contribution in [1.29, 1.82) is 0 Å². The second-order valence-corrected chi connectivity index (χ2v) is 5.03. The maximum Gasteiger partial charge on any atom is 0.222 e. The minimum absolute atomic E-state index is 0.0977. The van der Waals surface area contributed by atoms with E-state index in [9.17, 15) is 9.18 Å². The molecule has 0 unspecified atom stereocenters. The van der Waals surface area contributed by atoms with Crippen molar-refractivity contribution in [1.82, 2.24) is 5.32 Å². The number of hydrogen-bond acceptors (Lipinski definition) is 2. The Morgan fingerprint density at radius 3 is 2.65 bits per heavy atom. The number of benzene rings is 1. The van der Waals surface area contributed by atoms with Crippen LogP contribution in [-0.4, -0.2) is 11.4 Å². The minimum Gasteiger partial charge on any atom is -0.352 e. The molecule has 1 amide bonds. The summed E-state index contributed by atoms with van der Waals surface area (Å²) in [4.78, 5) is 11.5. The zero-order valence-corrected chi connectivity index (χ0v) is 10.5. The number of rotatable bonds is 4. The summed E-state index contributed by atoms with van der Waals surface area (Å²) in [5, 5.41) is 2.76. The van der Waals surface area contributed by atoms with Crippen molar-refractivity contribution in [2.75, 3.05) is 0 Å². The van der Waals surface area contributed by atoms with Gasteiger partial charge in [-0.2, -0.15) is 0 Å². The molecule has 0 atom stereocenters. The highest BCUT2D eigenvalue weighted by Gasteiger charge is 2.15. The van der Waals surface area contributed by atoms with Crippen LogP contribution in [0.15, 0.2) is 18.2 Å². The first-order valence-corrected chi connectivity index (χ1v) is 5.58. The van der Waals surface area contributed by atoms with Crippen LogP contribution in [0.25, 0.3) is 0 Å². The number of hydrogen-bond donors (Lipinski definition) is 2. The van der Waals surface area contributed by atoms with Gasteiger partial charge in [-0.05, 0) is 38.0 Å². The first kappa shape index (κ1) is 13.6. The topological polar surface area (TPSA) is 55.1 Å². The number of amides is 1. The van der Waals surface area contributed by atoms with Gasteiger partial charge in [-0.25, -0.2) is 4.39 Å². The van der Waals surface area contributed by atoms with Crippen molar-refractivity contribution >= 4 is 5.91 Å². The lowest BCUT2D eigenvalue weighted by molar-refractivity contribution is -0.122. The largest absolute Gasteiger partial charge is 0.352 e. The van der Waals surface area contributed by atoms with E-state index in [-0.39, 0.29) is 18.1 Å². The van der Waals surface area contributed by atoms with Gasteiger partial charge in [0.2, 0.25) is 5.91 Å². The molecule has 0 bridgehead atoms. The molecule has 0 aliphatic carbocycles. The fraction of sp³-hybridized carbons (Fsp3) is 0.462. The summed E-state index contributed by atoms with van der Waals surface area (Å²) in [6.07, 6.45) is 0.271. The molecule has 0 saturated heterocycles. The predicted molar refractivity (Wildman–Crippen MR) is 65.9 cm³/mol. The summed E-state index contributed by atoms with van der Waals surface area (Å²) in [5.74, 6) is -0.331. The van der Waals surface area contributed by atoms with Gasteiger partial charge in [0.1, 0.15) is 5.82 Å². The van der Waals surface area contributed by atoms with Gasteiger partial charge < -0.3 is 11.1 Å². The Bertz CT molecular complexity index is 410. The molecule has 0 heterocycles. The third-order valence-corrected chi connectivity index (χ3v) is 2.33. The van der Waals surface area contributed by atoms with Gasteiger partial charge in [-0.1, -0.05) is 12.1 Å². The number of carbonyl (C=O) groups excluding carboxylic acids is 1. The van der Waals surface area contributed by atoms with Crippen LogP contribution in [0, 0.1) is 12.7 Å². The van der Waals surface area contributed by atoms with Gasteiger partial charge in [0.15, 0.2) is 0 Å². The standard InChI is InChI=1S/C13H19FN2O/c1-9-6-10(4-5-11(9)14)8-16-12(17)7-13(2,3)15/h4-6H,7-8,15H2,1-3H3,(H,16,17). The van der Waals surface area contributed by atoms with Crippen molar-refractivity contribution in [3.8, 4) is 0 Å². The average Bonchev–Trinajstić information content (AvgIpc) is 2.17. The maximum atomic E-state index is 13.0. The molecule has 0 saturated carbocycles. The molecule has 4 heteroatoms. The summed E-state index contributed by atoms with van der Waals surface area (Å²) >= 11 is 0. The quantitative estimate of drug-likeness (QED) is 0.841. The zero-order chi connectivity index (χ0) is 13.1. The lowest BCUT2D eigenvalue weighted by Gasteiger charge is -2.17. The summed E-state index contributed by atoms with van der Waals surface area (Å²) in [6.45, 7) is 5.70. The molecule has 0 aliphatic heterocycles. The van der Waals surface area contributed by atoms with Crippen molar-refractivity contribution in [3.05, 3.63) is 35.1 Å². The molecule has 0 aliphatic rings. The normalized spacial score (nSPS) is 11.4. The SMILES string of the molecule is Cc1cc(CNC(=O)CC(C)(C)N)ccc1F. The summed E-state index contributed by atoms with van der Waals surface area (Å²) in [7, 11) is 0. The highest BCUT2D eigenvalue weighted by molar-refractivity contribution is 5.77. The van der Waals surface area contributed by atoms with E-state index in [0.29, 0.717) is 12.1 Å². The second-order valence-electron chi connectivity index (χ2n) is 5.03. The Hall–Kier alpha value is -1.42. The molecule has 94 valence electrons. The van der Waals surface area contributed by atoms with E-state index in [1.165, 1.54) is 6.07 Å². The van der Waals surface area contributed by atoms with Crippen LogP contribution in [-0.2, 0) is 11.3 Å². The monoisotopic (exact) mass is 238 g/mol. The van der Waals surface area contributed by atoms with Crippen LogP contribution in [0.5, 0.6) is 0 Å². The van der Waals surface area contributed by atoms with Crippen molar-refractivity contribution in [2.45, 2.75) is 39.3 Å². The first-order chi connectivity index (χ1) is 7.78.